The van der Waals surface area contributed by atoms with Gasteiger partial charge in [0.25, 0.3) is 0 Å². The summed E-state index contributed by atoms with van der Waals surface area (Å²) in [7, 11) is 0. The van der Waals surface area contributed by atoms with Gasteiger partial charge in [-0.05, 0) is 67.2 Å². The number of rotatable bonds is 11. The number of carbonyl (C=O) groups excluding carboxylic acids is 1. The molecule has 2 nitrogen and oxygen atoms in total. The molecule has 0 saturated heterocycles. The van der Waals surface area contributed by atoms with Crippen LogP contribution in [0.1, 0.15) is 97.0 Å². The maximum Gasteiger partial charge on any atom is 0.311 e. The molecule has 0 spiro atoms. The summed E-state index contributed by atoms with van der Waals surface area (Å²) in [5.41, 5.74) is 2.72. The molecule has 2 atom stereocenters. The Morgan fingerprint density at radius 3 is 2.48 bits per heavy atom. The summed E-state index contributed by atoms with van der Waals surface area (Å²) in [6.45, 7) is 6.85. The van der Waals surface area contributed by atoms with E-state index < -0.39 is 0 Å². The Hall–Kier alpha value is -1.57. The lowest BCUT2D eigenvalue weighted by atomic mass is 9.81. The Kier molecular flexibility index (Phi) is 9.66. The second-order valence-electron chi connectivity index (χ2n) is 8.28. The van der Waals surface area contributed by atoms with Gasteiger partial charge in [0.15, 0.2) is 0 Å². The largest absolute Gasteiger partial charge is 0.427 e. The van der Waals surface area contributed by atoms with Crippen LogP contribution in [-0.4, -0.2) is 5.97 Å². The monoisotopic (exact) mass is 370 g/mol. The summed E-state index contributed by atoms with van der Waals surface area (Å²) in [5.74, 6) is 2.25. The van der Waals surface area contributed by atoms with E-state index in [2.05, 4.69) is 39.0 Å². The number of allylic oxidation sites excluding steroid dienone is 2. The van der Waals surface area contributed by atoms with Gasteiger partial charge in [0.2, 0.25) is 0 Å². The number of hydrogen-bond acceptors (Lipinski definition) is 2. The summed E-state index contributed by atoms with van der Waals surface area (Å²) in [5, 5.41) is 0. The fourth-order valence-electron chi connectivity index (χ4n) is 3.89. The molecular formula is C25H38O2. The van der Waals surface area contributed by atoms with Crippen molar-refractivity contribution in [3.05, 3.63) is 35.9 Å². The molecule has 1 aromatic rings. The van der Waals surface area contributed by atoms with Crippen LogP contribution < -0.4 is 4.74 Å². The second-order valence-corrected chi connectivity index (χ2v) is 8.28. The molecule has 0 saturated carbocycles. The van der Waals surface area contributed by atoms with E-state index in [-0.39, 0.29) is 5.97 Å². The minimum atomic E-state index is -0.107. The molecule has 2 unspecified atom stereocenters. The Balaban J connectivity index is 1.77. The molecule has 150 valence electrons. The van der Waals surface area contributed by atoms with E-state index in [1.807, 2.05) is 12.1 Å². The molecule has 0 amide bonds. The summed E-state index contributed by atoms with van der Waals surface area (Å²) in [6.07, 6.45) is 15.0. The van der Waals surface area contributed by atoms with Gasteiger partial charge in [-0.2, -0.15) is 0 Å². The first-order valence-electron chi connectivity index (χ1n) is 11.1. The molecule has 27 heavy (non-hydrogen) atoms. The molecule has 2 heteroatoms. The third kappa shape index (κ3) is 7.91. The normalized spacial score (nSPS) is 18.0. The number of ether oxygens (including phenoxy) is 1. The molecule has 0 bridgehead atoms. The predicted molar refractivity (Wildman–Crippen MR) is 115 cm³/mol. The Labute approximate surface area is 166 Å². The zero-order chi connectivity index (χ0) is 19.5. The van der Waals surface area contributed by atoms with E-state index in [9.17, 15) is 4.79 Å². The number of esters is 1. The van der Waals surface area contributed by atoms with Crippen molar-refractivity contribution in [2.24, 2.45) is 11.8 Å². The lowest BCUT2D eigenvalue weighted by molar-refractivity contribution is -0.134. The fraction of sp³-hybridized carbons (Fsp3) is 0.640. The maximum absolute atomic E-state index is 11.9. The van der Waals surface area contributed by atoms with E-state index >= 15 is 0 Å². The van der Waals surface area contributed by atoms with Crippen molar-refractivity contribution in [2.75, 3.05) is 0 Å². The summed E-state index contributed by atoms with van der Waals surface area (Å²) < 4.78 is 5.48. The van der Waals surface area contributed by atoms with Crippen LogP contribution in [0.5, 0.6) is 5.75 Å². The van der Waals surface area contributed by atoms with Crippen LogP contribution in [0, 0.1) is 11.8 Å². The number of hydrogen-bond donors (Lipinski definition) is 0. The molecule has 0 aliphatic heterocycles. The predicted octanol–water partition coefficient (Wildman–Crippen LogP) is 7.57. The standard InChI is InChI=1S/C25H38O2/c1-4-6-7-8-9-10-25(26)27-24-17-15-23(16-18-24)22-13-11-21(12-14-22)19-20(3)5-2/h13,15-18,20-21H,4-12,14,19H2,1-3H3. The van der Waals surface area contributed by atoms with Gasteiger partial charge in [0, 0.05) is 6.42 Å². The highest BCUT2D eigenvalue weighted by molar-refractivity contribution is 5.73. The molecule has 1 aliphatic carbocycles. The molecule has 0 fully saturated rings. The van der Waals surface area contributed by atoms with Gasteiger partial charge in [-0.1, -0.05) is 71.1 Å². The molecule has 1 aliphatic rings. The SMILES string of the molecule is CCCCCCCC(=O)Oc1ccc(C2=CCC(CC(C)CC)CC2)cc1. The third-order valence-corrected chi connectivity index (χ3v) is 5.89. The third-order valence-electron chi connectivity index (χ3n) is 5.89. The minimum Gasteiger partial charge on any atom is -0.427 e. The Morgan fingerprint density at radius 1 is 1.11 bits per heavy atom. The topological polar surface area (TPSA) is 26.3 Å². The van der Waals surface area contributed by atoms with Gasteiger partial charge in [0.05, 0.1) is 0 Å². The van der Waals surface area contributed by atoms with Crippen molar-refractivity contribution in [1.29, 1.82) is 0 Å². The summed E-state index contributed by atoms with van der Waals surface area (Å²) in [6, 6.07) is 8.09. The lowest BCUT2D eigenvalue weighted by Crippen LogP contribution is -2.09. The van der Waals surface area contributed by atoms with E-state index in [4.69, 9.17) is 4.74 Å². The van der Waals surface area contributed by atoms with Crippen molar-refractivity contribution in [2.45, 2.75) is 91.4 Å². The minimum absolute atomic E-state index is 0.107. The highest BCUT2D eigenvalue weighted by atomic mass is 16.5. The first-order chi connectivity index (χ1) is 13.1. The second kappa shape index (κ2) is 12.0. The highest BCUT2D eigenvalue weighted by Gasteiger charge is 2.17. The smallest absolute Gasteiger partial charge is 0.311 e. The van der Waals surface area contributed by atoms with Crippen LogP contribution >= 0.6 is 0 Å². The van der Waals surface area contributed by atoms with Crippen molar-refractivity contribution in [3.63, 3.8) is 0 Å². The van der Waals surface area contributed by atoms with Gasteiger partial charge in [-0.15, -0.1) is 0 Å². The van der Waals surface area contributed by atoms with Gasteiger partial charge < -0.3 is 4.74 Å². The molecule has 0 aromatic heterocycles. The van der Waals surface area contributed by atoms with Crippen LogP contribution in [0.4, 0.5) is 0 Å². The quantitative estimate of drug-likeness (QED) is 0.228. The highest BCUT2D eigenvalue weighted by Crippen LogP contribution is 2.34. The van der Waals surface area contributed by atoms with Crippen LogP contribution in [-0.2, 0) is 4.79 Å². The average molecular weight is 371 g/mol. The summed E-state index contributed by atoms with van der Waals surface area (Å²) >= 11 is 0. The number of unbranched alkanes of at least 4 members (excludes halogenated alkanes) is 4. The van der Waals surface area contributed by atoms with E-state index in [0.29, 0.717) is 12.2 Å². The van der Waals surface area contributed by atoms with Crippen LogP contribution in [0.15, 0.2) is 30.3 Å². The van der Waals surface area contributed by atoms with Crippen molar-refractivity contribution < 1.29 is 9.53 Å². The molecule has 2 rings (SSSR count). The van der Waals surface area contributed by atoms with Crippen molar-refractivity contribution in [1.82, 2.24) is 0 Å². The maximum atomic E-state index is 11.9. The lowest BCUT2D eigenvalue weighted by Gasteiger charge is -2.24. The summed E-state index contributed by atoms with van der Waals surface area (Å²) in [4.78, 5) is 11.9. The first-order valence-corrected chi connectivity index (χ1v) is 11.1. The first kappa shape index (κ1) is 21.7. The zero-order valence-electron chi connectivity index (χ0n) is 17.6. The molecule has 1 aromatic carbocycles. The molecular weight excluding hydrogens is 332 g/mol. The van der Waals surface area contributed by atoms with Crippen LogP contribution in [0.25, 0.3) is 5.57 Å². The fourth-order valence-corrected chi connectivity index (χ4v) is 3.89. The van der Waals surface area contributed by atoms with Gasteiger partial charge in [0.1, 0.15) is 5.75 Å². The molecule has 0 heterocycles. The molecule has 0 radical (unpaired) electrons. The number of carbonyl (C=O) groups is 1. The van der Waals surface area contributed by atoms with Crippen LogP contribution in [0.2, 0.25) is 0 Å². The van der Waals surface area contributed by atoms with Crippen molar-refractivity contribution in [3.8, 4) is 5.75 Å². The van der Waals surface area contributed by atoms with Gasteiger partial charge >= 0.3 is 5.97 Å². The van der Waals surface area contributed by atoms with E-state index in [0.717, 1.165) is 31.1 Å². The zero-order valence-corrected chi connectivity index (χ0v) is 17.6. The average Bonchev–Trinajstić information content (AvgIpc) is 2.69. The van der Waals surface area contributed by atoms with E-state index in [1.165, 1.54) is 56.1 Å². The number of benzene rings is 1. The molecule has 0 N–H and O–H groups in total. The van der Waals surface area contributed by atoms with Crippen molar-refractivity contribution >= 4 is 11.5 Å². The van der Waals surface area contributed by atoms with Gasteiger partial charge in [-0.25, -0.2) is 0 Å². The van der Waals surface area contributed by atoms with Gasteiger partial charge in [-0.3, -0.25) is 4.79 Å². The Bertz CT molecular complexity index is 585. The van der Waals surface area contributed by atoms with Crippen LogP contribution in [0.3, 0.4) is 0 Å². The Morgan fingerprint density at radius 2 is 1.85 bits per heavy atom. The van der Waals surface area contributed by atoms with E-state index in [1.54, 1.807) is 0 Å².